The van der Waals surface area contributed by atoms with Crippen LogP contribution in [0, 0.1) is 6.92 Å². The first-order valence-electron chi connectivity index (χ1n) is 7.26. The number of amides is 1. The molecule has 0 aliphatic carbocycles. The molecule has 0 unspecified atom stereocenters. The molecule has 24 heavy (non-hydrogen) atoms. The second-order valence-corrected chi connectivity index (χ2v) is 6.22. The summed E-state index contributed by atoms with van der Waals surface area (Å²) in [6, 6.07) is 10.7. The quantitative estimate of drug-likeness (QED) is 0.524. The SMILES string of the molecule is COc1ccc2[nH]cc(C(=O)C(=O)Nc3ccc(C)c(Br)c3)c2c1. The minimum absolute atomic E-state index is 0.313. The monoisotopic (exact) mass is 386 g/mol. The summed E-state index contributed by atoms with van der Waals surface area (Å²) in [5, 5.41) is 3.28. The van der Waals surface area contributed by atoms with E-state index in [2.05, 4.69) is 26.2 Å². The van der Waals surface area contributed by atoms with Crippen LogP contribution in [0.25, 0.3) is 10.9 Å². The van der Waals surface area contributed by atoms with Crippen LogP contribution in [0.1, 0.15) is 15.9 Å². The lowest BCUT2D eigenvalue weighted by Crippen LogP contribution is -2.22. The van der Waals surface area contributed by atoms with E-state index in [0.717, 1.165) is 15.6 Å². The first kappa shape index (κ1) is 16.3. The Morgan fingerprint density at radius 1 is 1.17 bits per heavy atom. The molecular formula is C18H15BrN2O3. The predicted octanol–water partition coefficient (Wildman–Crippen LogP) is 4.07. The van der Waals surface area contributed by atoms with E-state index >= 15 is 0 Å². The molecule has 1 heterocycles. The third-order valence-electron chi connectivity index (χ3n) is 3.77. The van der Waals surface area contributed by atoms with Gasteiger partial charge in [-0.2, -0.15) is 0 Å². The number of aromatic amines is 1. The fraction of sp³-hybridized carbons (Fsp3) is 0.111. The van der Waals surface area contributed by atoms with Crippen LogP contribution in [-0.4, -0.2) is 23.8 Å². The fourth-order valence-electron chi connectivity index (χ4n) is 2.40. The second-order valence-electron chi connectivity index (χ2n) is 5.36. The van der Waals surface area contributed by atoms with Crippen molar-refractivity contribution < 1.29 is 14.3 Å². The van der Waals surface area contributed by atoms with Gasteiger partial charge in [0.25, 0.3) is 11.7 Å². The van der Waals surface area contributed by atoms with Crippen molar-refractivity contribution in [2.75, 3.05) is 12.4 Å². The van der Waals surface area contributed by atoms with E-state index in [0.29, 0.717) is 22.4 Å². The molecule has 0 saturated carbocycles. The third kappa shape index (κ3) is 3.05. The zero-order valence-corrected chi connectivity index (χ0v) is 14.7. The number of carbonyl (C=O) groups is 2. The zero-order valence-electron chi connectivity index (χ0n) is 13.1. The van der Waals surface area contributed by atoms with Gasteiger partial charge in [0, 0.05) is 27.3 Å². The van der Waals surface area contributed by atoms with Gasteiger partial charge in [0.05, 0.1) is 12.7 Å². The Labute approximate surface area is 147 Å². The molecule has 0 bridgehead atoms. The number of hydrogen-bond donors (Lipinski definition) is 2. The first-order chi connectivity index (χ1) is 11.5. The lowest BCUT2D eigenvalue weighted by molar-refractivity contribution is -0.112. The molecule has 0 atom stereocenters. The van der Waals surface area contributed by atoms with Crippen molar-refractivity contribution in [1.82, 2.24) is 4.98 Å². The molecule has 0 spiro atoms. The number of ketones is 1. The van der Waals surface area contributed by atoms with Crippen molar-refractivity contribution >= 4 is 44.2 Å². The smallest absolute Gasteiger partial charge is 0.296 e. The van der Waals surface area contributed by atoms with Crippen LogP contribution in [0.5, 0.6) is 5.75 Å². The van der Waals surface area contributed by atoms with E-state index in [-0.39, 0.29) is 0 Å². The maximum absolute atomic E-state index is 12.5. The molecule has 1 aromatic heterocycles. The normalized spacial score (nSPS) is 10.6. The second kappa shape index (κ2) is 6.49. The number of nitrogens with one attached hydrogen (secondary N) is 2. The van der Waals surface area contributed by atoms with Gasteiger partial charge in [-0.3, -0.25) is 9.59 Å². The molecule has 2 aromatic carbocycles. The molecule has 122 valence electrons. The minimum atomic E-state index is -0.686. The van der Waals surface area contributed by atoms with Crippen molar-refractivity contribution in [3.05, 3.63) is 58.2 Å². The van der Waals surface area contributed by atoms with E-state index < -0.39 is 11.7 Å². The molecule has 0 aliphatic heterocycles. The molecule has 2 N–H and O–H groups in total. The zero-order chi connectivity index (χ0) is 17.3. The fourth-order valence-corrected chi connectivity index (χ4v) is 2.77. The number of fused-ring (bicyclic) bond motifs is 1. The van der Waals surface area contributed by atoms with E-state index in [4.69, 9.17) is 4.74 Å². The van der Waals surface area contributed by atoms with Gasteiger partial charge in [0.1, 0.15) is 5.75 Å². The van der Waals surface area contributed by atoms with Gasteiger partial charge in [-0.05, 0) is 42.8 Å². The minimum Gasteiger partial charge on any atom is -0.497 e. The number of aromatic nitrogens is 1. The number of Topliss-reactive ketones (excluding diaryl/α,β-unsaturated/α-hetero) is 1. The Balaban J connectivity index is 1.88. The number of rotatable bonds is 4. The van der Waals surface area contributed by atoms with Crippen molar-refractivity contribution in [2.45, 2.75) is 6.92 Å². The van der Waals surface area contributed by atoms with Gasteiger partial charge in [-0.1, -0.05) is 22.0 Å². The largest absolute Gasteiger partial charge is 0.497 e. The van der Waals surface area contributed by atoms with Crippen LogP contribution in [0.4, 0.5) is 5.69 Å². The summed E-state index contributed by atoms with van der Waals surface area (Å²) in [4.78, 5) is 27.8. The van der Waals surface area contributed by atoms with Gasteiger partial charge in [-0.15, -0.1) is 0 Å². The average molecular weight is 387 g/mol. The lowest BCUT2D eigenvalue weighted by atomic mass is 10.1. The summed E-state index contributed by atoms with van der Waals surface area (Å²) < 4.78 is 6.04. The van der Waals surface area contributed by atoms with E-state index in [9.17, 15) is 9.59 Å². The number of H-pyrrole nitrogens is 1. The summed E-state index contributed by atoms with van der Waals surface area (Å²) in [6.45, 7) is 1.94. The number of aryl methyl sites for hydroxylation is 1. The Morgan fingerprint density at radius 3 is 2.67 bits per heavy atom. The standard InChI is InChI=1S/C18H15BrN2O3/c1-10-3-4-11(7-15(10)19)21-18(23)17(22)14-9-20-16-6-5-12(24-2)8-13(14)16/h3-9,20H,1-2H3,(H,21,23). The van der Waals surface area contributed by atoms with Gasteiger partial charge >= 0.3 is 0 Å². The number of carbonyl (C=O) groups excluding carboxylic acids is 2. The Bertz CT molecular complexity index is 947. The first-order valence-corrected chi connectivity index (χ1v) is 8.06. The summed E-state index contributed by atoms with van der Waals surface area (Å²) >= 11 is 3.41. The predicted molar refractivity (Wildman–Crippen MR) is 96.7 cm³/mol. The topological polar surface area (TPSA) is 71.2 Å². The highest BCUT2D eigenvalue weighted by Crippen LogP contribution is 2.25. The number of methoxy groups -OCH3 is 1. The van der Waals surface area contributed by atoms with E-state index in [1.54, 1.807) is 37.4 Å². The number of halogens is 1. The van der Waals surface area contributed by atoms with Crippen molar-refractivity contribution in [2.24, 2.45) is 0 Å². The average Bonchev–Trinajstić information content (AvgIpc) is 3.00. The lowest BCUT2D eigenvalue weighted by Gasteiger charge is -2.06. The van der Waals surface area contributed by atoms with Crippen molar-refractivity contribution in [3.8, 4) is 5.75 Å². The van der Waals surface area contributed by atoms with Crippen LogP contribution < -0.4 is 10.1 Å². The Morgan fingerprint density at radius 2 is 1.96 bits per heavy atom. The Kier molecular flexibility index (Phi) is 4.40. The van der Waals surface area contributed by atoms with Crippen LogP contribution >= 0.6 is 15.9 Å². The summed E-state index contributed by atoms with van der Waals surface area (Å²) in [6.07, 6.45) is 1.54. The molecule has 0 radical (unpaired) electrons. The molecule has 0 fully saturated rings. The third-order valence-corrected chi connectivity index (χ3v) is 4.62. The molecule has 0 aliphatic rings. The van der Waals surface area contributed by atoms with Crippen LogP contribution in [-0.2, 0) is 4.79 Å². The van der Waals surface area contributed by atoms with Crippen molar-refractivity contribution in [3.63, 3.8) is 0 Å². The highest BCUT2D eigenvalue weighted by Gasteiger charge is 2.20. The van der Waals surface area contributed by atoms with Gasteiger partial charge < -0.3 is 15.0 Å². The van der Waals surface area contributed by atoms with Crippen LogP contribution in [0.15, 0.2) is 47.1 Å². The number of hydrogen-bond acceptors (Lipinski definition) is 3. The summed E-state index contributed by atoms with van der Waals surface area (Å²) in [5.74, 6) is -0.667. The summed E-state index contributed by atoms with van der Waals surface area (Å²) in [5.41, 5.74) is 2.68. The molecule has 3 rings (SSSR count). The maximum atomic E-state index is 12.5. The highest BCUT2D eigenvalue weighted by atomic mass is 79.9. The van der Waals surface area contributed by atoms with E-state index in [1.807, 2.05) is 13.0 Å². The van der Waals surface area contributed by atoms with Crippen LogP contribution in [0.3, 0.4) is 0 Å². The van der Waals surface area contributed by atoms with Gasteiger partial charge in [0.15, 0.2) is 0 Å². The molecule has 6 heteroatoms. The van der Waals surface area contributed by atoms with Gasteiger partial charge in [0.2, 0.25) is 0 Å². The van der Waals surface area contributed by atoms with E-state index in [1.165, 1.54) is 6.20 Å². The molecular weight excluding hydrogens is 372 g/mol. The number of ether oxygens (including phenoxy) is 1. The van der Waals surface area contributed by atoms with Crippen molar-refractivity contribution in [1.29, 1.82) is 0 Å². The maximum Gasteiger partial charge on any atom is 0.296 e. The number of benzene rings is 2. The molecule has 0 saturated heterocycles. The summed E-state index contributed by atoms with van der Waals surface area (Å²) in [7, 11) is 1.55. The Hall–Kier alpha value is -2.60. The molecule has 5 nitrogen and oxygen atoms in total. The van der Waals surface area contributed by atoms with Gasteiger partial charge in [-0.25, -0.2) is 0 Å². The highest BCUT2D eigenvalue weighted by molar-refractivity contribution is 9.10. The molecule has 1 amide bonds. The molecule has 3 aromatic rings. The number of anilines is 1. The van der Waals surface area contributed by atoms with Crippen LogP contribution in [0.2, 0.25) is 0 Å².